The van der Waals surface area contributed by atoms with E-state index in [1.165, 1.54) is 12.1 Å². The molecule has 0 saturated carbocycles. The number of hydrogen-bond acceptors (Lipinski definition) is 6. The van der Waals surface area contributed by atoms with Gasteiger partial charge in [0.1, 0.15) is 11.4 Å². The number of sulfonamides is 1. The number of aliphatic hydroxyl groups is 1. The lowest BCUT2D eigenvalue weighted by atomic mass is 9.79. The third kappa shape index (κ3) is 6.31. The molecule has 9 nitrogen and oxygen atoms in total. The molecule has 0 aromatic heterocycles. The van der Waals surface area contributed by atoms with Crippen molar-refractivity contribution in [2.75, 3.05) is 33.3 Å². The Morgan fingerprint density at radius 2 is 1.84 bits per heavy atom. The summed E-state index contributed by atoms with van der Waals surface area (Å²) in [5, 5.41) is 14.3. The number of aryl methyl sites for hydroxylation is 2. The maximum absolute atomic E-state index is 12.9. The molecule has 200 valence electrons. The Bertz CT molecular complexity index is 1240. The van der Waals surface area contributed by atoms with E-state index in [4.69, 9.17) is 4.74 Å². The van der Waals surface area contributed by atoms with Gasteiger partial charge in [0.2, 0.25) is 21.8 Å². The summed E-state index contributed by atoms with van der Waals surface area (Å²) in [5.41, 5.74) is 1.66. The van der Waals surface area contributed by atoms with Crippen molar-refractivity contribution in [2.24, 2.45) is 5.92 Å². The Morgan fingerprint density at radius 3 is 2.51 bits per heavy atom. The summed E-state index contributed by atoms with van der Waals surface area (Å²) in [7, 11) is -2.19. The predicted molar refractivity (Wildman–Crippen MR) is 139 cm³/mol. The molecule has 1 heterocycles. The van der Waals surface area contributed by atoms with Crippen molar-refractivity contribution in [3.8, 4) is 5.75 Å². The monoisotopic (exact) mass is 529 g/mol. The van der Waals surface area contributed by atoms with Gasteiger partial charge in [0, 0.05) is 19.0 Å². The molecule has 0 spiro atoms. The van der Waals surface area contributed by atoms with E-state index in [1.54, 1.807) is 24.1 Å². The van der Waals surface area contributed by atoms with Gasteiger partial charge in [0.15, 0.2) is 0 Å². The molecule has 2 amide bonds. The Kier molecular flexibility index (Phi) is 8.20. The lowest BCUT2D eigenvalue weighted by Crippen LogP contribution is -2.48. The molecule has 2 aromatic carbocycles. The zero-order chi connectivity index (χ0) is 26.6. The predicted octanol–water partition coefficient (Wildman–Crippen LogP) is 1.86. The molecule has 1 fully saturated rings. The first-order valence-electron chi connectivity index (χ1n) is 12.6. The quantitative estimate of drug-likeness (QED) is 0.480. The number of benzene rings is 2. The van der Waals surface area contributed by atoms with Crippen LogP contribution in [0.3, 0.4) is 0 Å². The van der Waals surface area contributed by atoms with E-state index in [1.807, 2.05) is 25.1 Å². The molecule has 1 unspecified atom stereocenters. The lowest BCUT2D eigenvalue weighted by Gasteiger charge is -2.36. The molecular weight excluding hydrogens is 494 g/mol. The van der Waals surface area contributed by atoms with Crippen LogP contribution < -0.4 is 14.8 Å². The van der Waals surface area contributed by atoms with Crippen molar-refractivity contribution in [2.45, 2.75) is 49.5 Å². The molecule has 0 bridgehead atoms. The average Bonchev–Trinajstić information content (AvgIpc) is 2.91. The van der Waals surface area contributed by atoms with Crippen LogP contribution in [0.5, 0.6) is 5.75 Å². The summed E-state index contributed by atoms with van der Waals surface area (Å²) in [6, 6.07) is 12.1. The lowest BCUT2D eigenvalue weighted by molar-refractivity contribution is -0.135. The number of carbonyl (C=O) groups is 2. The minimum atomic E-state index is -3.78. The highest BCUT2D eigenvalue weighted by Crippen LogP contribution is 2.37. The molecule has 0 radical (unpaired) electrons. The molecular formula is C27H35N3O6S. The zero-order valence-electron chi connectivity index (χ0n) is 21.3. The van der Waals surface area contributed by atoms with E-state index >= 15 is 0 Å². The summed E-state index contributed by atoms with van der Waals surface area (Å²) >= 11 is 0. The van der Waals surface area contributed by atoms with Gasteiger partial charge in [-0.15, -0.1) is 0 Å². The van der Waals surface area contributed by atoms with E-state index in [-0.39, 0.29) is 35.7 Å². The minimum absolute atomic E-state index is 0.113. The Labute approximate surface area is 218 Å². The van der Waals surface area contributed by atoms with Crippen LogP contribution in [0.2, 0.25) is 0 Å². The van der Waals surface area contributed by atoms with Crippen LogP contribution in [0.25, 0.3) is 0 Å². The number of piperidine rings is 1. The first kappa shape index (κ1) is 27.1. The number of nitrogens with zero attached hydrogens (tertiary/aromatic N) is 1. The third-order valence-corrected chi connectivity index (χ3v) is 8.79. The normalized spacial score (nSPS) is 20.2. The molecule has 2 aliphatic rings. The van der Waals surface area contributed by atoms with Gasteiger partial charge in [-0.3, -0.25) is 9.59 Å². The van der Waals surface area contributed by atoms with Gasteiger partial charge in [-0.05, 0) is 74.4 Å². The number of likely N-dealkylation sites (tertiary alicyclic amines) is 1. The van der Waals surface area contributed by atoms with Crippen LogP contribution in [0.4, 0.5) is 0 Å². The number of fused-ring (bicyclic) bond motifs is 1. The van der Waals surface area contributed by atoms with E-state index in [9.17, 15) is 23.1 Å². The van der Waals surface area contributed by atoms with Gasteiger partial charge in [0.25, 0.3) is 0 Å². The van der Waals surface area contributed by atoms with Crippen LogP contribution >= 0.6 is 0 Å². The zero-order valence-corrected chi connectivity index (χ0v) is 22.1. The van der Waals surface area contributed by atoms with Gasteiger partial charge >= 0.3 is 0 Å². The maximum Gasteiger partial charge on any atom is 0.241 e. The van der Waals surface area contributed by atoms with Crippen molar-refractivity contribution >= 4 is 21.8 Å². The van der Waals surface area contributed by atoms with Crippen molar-refractivity contribution in [3.05, 3.63) is 59.2 Å². The second-order valence-electron chi connectivity index (χ2n) is 9.92. The fourth-order valence-electron chi connectivity index (χ4n) is 5.06. The highest BCUT2D eigenvalue weighted by atomic mass is 32.2. The topological polar surface area (TPSA) is 125 Å². The SMILES string of the molecule is COc1ccc2c(c1)C(O)(CNC(=O)C1CCN(C(=O)CNS(=O)(=O)c3ccc(C)cc3)CC1)CCC2. The van der Waals surface area contributed by atoms with Gasteiger partial charge in [0.05, 0.1) is 25.1 Å². The van der Waals surface area contributed by atoms with Crippen molar-refractivity contribution in [1.29, 1.82) is 0 Å². The number of methoxy groups -OCH3 is 1. The molecule has 37 heavy (non-hydrogen) atoms. The van der Waals surface area contributed by atoms with Crippen molar-refractivity contribution in [1.82, 2.24) is 14.9 Å². The fourth-order valence-corrected chi connectivity index (χ4v) is 6.04. The van der Waals surface area contributed by atoms with Gasteiger partial charge in [-0.2, -0.15) is 0 Å². The number of carbonyl (C=O) groups excluding carboxylic acids is 2. The summed E-state index contributed by atoms with van der Waals surface area (Å²) in [4.78, 5) is 27.2. The number of hydrogen-bond donors (Lipinski definition) is 3. The fraction of sp³-hybridized carbons (Fsp3) is 0.481. The summed E-state index contributed by atoms with van der Waals surface area (Å²) in [6.45, 7) is 2.39. The molecule has 1 aliphatic carbocycles. The van der Waals surface area contributed by atoms with Crippen LogP contribution in [-0.4, -0.2) is 63.5 Å². The van der Waals surface area contributed by atoms with E-state index in [0.29, 0.717) is 38.1 Å². The molecule has 3 N–H and O–H groups in total. The number of amides is 2. The van der Waals surface area contributed by atoms with E-state index in [2.05, 4.69) is 10.0 Å². The van der Waals surface area contributed by atoms with Crippen molar-refractivity contribution < 1.29 is 27.9 Å². The minimum Gasteiger partial charge on any atom is -0.497 e. The standard InChI is InChI=1S/C27H35N3O6S/c1-19-5-9-23(10-6-19)37(34,35)29-17-25(31)30-14-11-21(12-15-30)26(32)28-18-27(33)13-3-4-20-7-8-22(36-2)16-24(20)27/h5-10,16,21,29,33H,3-4,11-15,17-18H2,1-2H3,(H,28,32). The molecule has 2 aromatic rings. The average molecular weight is 530 g/mol. The van der Waals surface area contributed by atoms with E-state index in [0.717, 1.165) is 29.5 Å². The van der Waals surface area contributed by atoms with E-state index < -0.39 is 15.6 Å². The number of rotatable bonds is 8. The van der Waals surface area contributed by atoms with Crippen LogP contribution in [0, 0.1) is 12.8 Å². The highest BCUT2D eigenvalue weighted by Gasteiger charge is 2.36. The Hall–Kier alpha value is -2.95. The Balaban J connectivity index is 1.26. The molecule has 1 aliphatic heterocycles. The third-order valence-electron chi connectivity index (χ3n) is 7.37. The van der Waals surface area contributed by atoms with Gasteiger partial charge in [-0.25, -0.2) is 13.1 Å². The summed E-state index contributed by atoms with van der Waals surface area (Å²) < 4.78 is 32.6. The summed E-state index contributed by atoms with van der Waals surface area (Å²) in [6.07, 6.45) is 3.22. The first-order valence-corrected chi connectivity index (χ1v) is 14.1. The first-order chi connectivity index (χ1) is 17.6. The molecule has 10 heteroatoms. The van der Waals surface area contributed by atoms with Crippen LogP contribution in [0.1, 0.15) is 42.4 Å². The smallest absolute Gasteiger partial charge is 0.241 e. The second kappa shape index (κ2) is 11.2. The molecule has 4 rings (SSSR count). The number of nitrogens with one attached hydrogen (secondary N) is 2. The summed E-state index contributed by atoms with van der Waals surface area (Å²) in [5.74, 6) is -0.0684. The maximum atomic E-state index is 12.9. The number of ether oxygens (including phenoxy) is 1. The highest BCUT2D eigenvalue weighted by molar-refractivity contribution is 7.89. The second-order valence-corrected chi connectivity index (χ2v) is 11.7. The van der Waals surface area contributed by atoms with Gasteiger partial charge < -0.3 is 20.1 Å². The molecule has 1 saturated heterocycles. The largest absolute Gasteiger partial charge is 0.497 e. The molecule has 1 atom stereocenters. The van der Waals surface area contributed by atoms with Crippen LogP contribution in [0.15, 0.2) is 47.4 Å². The van der Waals surface area contributed by atoms with Crippen molar-refractivity contribution in [3.63, 3.8) is 0 Å². The van der Waals surface area contributed by atoms with Gasteiger partial charge in [-0.1, -0.05) is 23.8 Å². The van der Waals surface area contributed by atoms with Crippen LogP contribution in [-0.2, 0) is 31.6 Å². The Morgan fingerprint density at radius 1 is 1.14 bits per heavy atom.